The SMILES string of the molecule is CCCCCCCCCCCCCCCCC/C=C\C/C=C\CCCCCCCCCCCCCCCCCCC(O)C(=O)NC(CO)C(O)C(O)CCC/C=C/CCCCCCCCCCCCCCCCCC. The van der Waals surface area contributed by atoms with Crippen LogP contribution in [0.3, 0.4) is 0 Å². The number of carbonyl (C=O) groups is 1. The molecule has 6 heteroatoms. The smallest absolute Gasteiger partial charge is 0.249 e. The van der Waals surface area contributed by atoms with Crippen molar-refractivity contribution in [1.82, 2.24) is 5.32 Å². The van der Waals surface area contributed by atoms with Gasteiger partial charge in [0.15, 0.2) is 0 Å². The average Bonchev–Trinajstić information content (AvgIpc) is 3.42. The van der Waals surface area contributed by atoms with E-state index in [0.29, 0.717) is 12.8 Å². The molecule has 4 unspecified atom stereocenters. The molecule has 0 aliphatic heterocycles. The standard InChI is InChI=1S/C69H133NO5/c1-3-5-7-9-11-13-15-17-19-21-23-25-26-27-28-29-30-31-32-33-34-35-36-37-38-39-40-41-43-45-47-49-51-53-55-57-59-61-63-67(73)69(75)70-65(64-71)68(74)66(72)62-60-58-56-54-52-50-48-46-44-42-24-22-20-18-16-14-12-10-8-6-4-2/h30-31,33-34,54,56,65-68,71-74H,3-29,32,35-53,55,57-64H2,1-2H3,(H,70,75)/b31-30-,34-33-,56-54+. The molecule has 0 saturated heterocycles. The van der Waals surface area contributed by atoms with Gasteiger partial charge in [-0.3, -0.25) is 4.79 Å². The van der Waals surface area contributed by atoms with Crippen LogP contribution >= 0.6 is 0 Å². The third-order valence-electron chi connectivity index (χ3n) is 16.1. The predicted octanol–water partition coefficient (Wildman–Crippen LogP) is 20.7. The third-order valence-corrected chi connectivity index (χ3v) is 16.1. The van der Waals surface area contributed by atoms with Crippen LogP contribution in [0.5, 0.6) is 0 Å². The quantitative estimate of drug-likeness (QED) is 0.0308. The Labute approximate surface area is 468 Å². The molecular weight excluding hydrogens is 923 g/mol. The lowest BCUT2D eigenvalue weighted by atomic mass is 10.00. The van der Waals surface area contributed by atoms with E-state index in [0.717, 1.165) is 44.9 Å². The van der Waals surface area contributed by atoms with Gasteiger partial charge in [-0.25, -0.2) is 0 Å². The minimum absolute atomic E-state index is 0.365. The Hall–Kier alpha value is -1.47. The summed E-state index contributed by atoms with van der Waals surface area (Å²) in [5.41, 5.74) is 0. The zero-order chi connectivity index (χ0) is 54.4. The summed E-state index contributed by atoms with van der Waals surface area (Å²) in [5, 5.41) is 44.1. The Morgan fingerprint density at radius 2 is 0.587 bits per heavy atom. The number of unbranched alkanes of at least 4 members (excludes halogenated alkanes) is 48. The molecule has 0 fully saturated rings. The molecule has 0 saturated carbocycles. The molecule has 5 N–H and O–H groups in total. The molecule has 1 amide bonds. The molecule has 444 valence electrons. The molecule has 0 aromatic carbocycles. The zero-order valence-corrected chi connectivity index (χ0v) is 50.6. The maximum absolute atomic E-state index is 12.6. The normalized spacial score (nSPS) is 13.7. The number of allylic oxidation sites excluding steroid dienone is 6. The van der Waals surface area contributed by atoms with Crippen molar-refractivity contribution >= 4 is 5.91 Å². The van der Waals surface area contributed by atoms with E-state index in [1.807, 2.05) is 0 Å². The van der Waals surface area contributed by atoms with Crippen LogP contribution in [0.1, 0.15) is 367 Å². The first-order valence-electron chi connectivity index (χ1n) is 33.9. The fraction of sp³-hybridized carbons (Fsp3) is 0.899. The van der Waals surface area contributed by atoms with Gasteiger partial charge in [0.05, 0.1) is 18.8 Å². The van der Waals surface area contributed by atoms with Crippen molar-refractivity contribution in [2.45, 2.75) is 391 Å². The van der Waals surface area contributed by atoms with Crippen molar-refractivity contribution in [2.24, 2.45) is 0 Å². The summed E-state index contributed by atoms with van der Waals surface area (Å²) < 4.78 is 0. The number of hydrogen-bond acceptors (Lipinski definition) is 5. The second-order valence-corrected chi connectivity index (χ2v) is 23.5. The van der Waals surface area contributed by atoms with Crippen molar-refractivity contribution in [3.05, 3.63) is 36.5 Å². The Morgan fingerprint density at radius 3 is 0.880 bits per heavy atom. The lowest BCUT2D eigenvalue weighted by Crippen LogP contribution is -2.53. The minimum Gasteiger partial charge on any atom is -0.394 e. The van der Waals surface area contributed by atoms with E-state index in [4.69, 9.17) is 0 Å². The number of aliphatic hydroxyl groups is 4. The van der Waals surface area contributed by atoms with Gasteiger partial charge in [-0.2, -0.15) is 0 Å². The predicted molar refractivity (Wildman–Crippen MR) is 330 cm³/mol. The summed E-state index contributed by atoms with van der Waals surface area (Å²) in [6.45, 7) is 4.09. The van der Waals surface area contributed by atoms with Crippen LogP contribution < -0.4 is 5.32 Å². The summed E-state index contributed by atoms with van der Waals surface area (Å²) in [7, 11) is 0. The number of hydrogen-bond donors (Lipinski definition) is 5. The largest absolute Gasteiger partial charge is 0.394 e. The molecule has 0 aliphatic rings. The fourth-order valence-corrected chi connectivity index (χ4v) is 10.8. The second-order valence-electron chi connectivity index (χ2n) is 23.5. The highest BCUT2D eigenvalue weighted by Crippen LogP contribution is 2.19. The maximum Gasteiger partial charge on any atom is 0.249 e. The Balaban J connectivity index is 3.56. The minimum atomic E-state index is -1.28. The van der Waals surface area contributed by atoms with Crippen molar-refractivity contribution in [3.8, 4) is 0 Å². The number of rotatable bonds is 63. The van der Waals surface area contributed by atoms with Gasteiger partial charge in [-0.15, -0.1) is 0 Å². The Bertz CT molecular complexity index is 1190. The van der Waals surface area contributed by atoms with Crippen LogP contribution in [0.4, 0.5) is 0 Å². The van der Waals surface area contributed by atoms with E-state index in [1.165, 1.54) is 295 Å². The van der Waals surface area contributed by atoms with Gasteiger partial charge >= 0.3 is 0 Å². The fourth-order valence-electron chi connectivity index (χ4n) is 10.8. The van der Waals surface area contributed by atoms with Crippen LogP contribution in [0, 0.1) is 0 Å². The van der Waals surface area contributed by atoms with Crippen LogP contribution in [0.25, 0.3) is 0 Å². The number of aliphatic hydroxyl groups excluding tert-OH is 4. The summed E-state index contributed by atoms with van der Waals surface area (Å²) in [6, 6.07) is -1.00. The number of amides is 1. The highest BCUT2D eigenvalue weighted by Gasteiger charge is 2.28. The highest BCUT2D eigenvalue weighted by molar-refractivity contribution is 5.80. The van der Waals surface area contributed by atoms with Gasteiger partial charge in [0.2, 0.25) is 5.91 Å². The molecule has 0 aliphatic carbocycles. The molecule has 0 aromatic rings. The lowest BCUT2D eigenvalue weighted by Gasteiger charge is -2.27. The van der Waals surface area contributed by atoms with Crippen molar-refractivity contribution in [2.75, 3.05) is 6.61 Å². The van der Waals surface area contributed by atoms with Gasteiger partial charge in [0, 0.05) is 0 Å². The maximum atomic E-state index is 12.6. The molecule has 75 heavy (non-hydrogen) atoms. The number of carbonyl (C=O) groups excluding carboxylic acids is 1. The van der Waals surface area contributed by atoms with Gasteiger partial charge < -0.3 is 25.7 Å². The van der Waals surface area contributed by atoms with E-state index in [1.54, 1.807) is 0 Å². The molecule has 4 atom stereocenters. The first-order chi connectivity index (χ1) is 37.0. The van der Waals surface area contributed by atoms with E-state index < -0.39 is 36.9 Å². The topological polar surface area (TPSA) is 110 Å². The molecule has 0 aromatic heterocycles. The summed E-state index contributed by atoms with van der Waals surface area (Å²) in [4.78, 5) is 12.6. The van der Waals surface area contributed by atoms with Crippen LogP contribution in [0.2, 0.25) is 0 Å². The lowest BCUT2D eigenvalue weighted by molar-refractivity contribution is -0.132. The highest BCUT2D eigenvalue weighted by atomic mass is 16.3. The second kappa shape index (κ2) is 63.4. The monoisotopic (exact) mass is 1060 g/mol. The molecule has 0 rings (SSSR count). The first-order valence-corrected chi connectivity index (χ1v) is 33.9. The zero-order valence-electron chi connectivity index (χ0n) is 50.6. The first kappa shape index (κ1) is 73.5. The molecular formula is C69H133NO5. The molecule has 0 radical (unpaired) electrons. The molecule has 0 bridgehead atoms. The van der Waals surface area contributed by atoms with Crippen LogP contribution in [0.15, 0.2) is 36.5 Å². The molecule has 0 spiro atoms. The van der Waals surface area contributed by atoms with Crippen molar-refractivity contribution in [1.29, 1.82) is 0 Å². The van der Waals surface area contributed by atoms with Crippen LogP contribution in [-0.4, -0.2) is 57.3 Å². The van der Waals surface area contributed by atoms with Gasteiger partial charge in [-0.05, 0) is 70.6 Å². The van der Waals surface area contributed by atoms with E-state index in [2.05, 4.69) is 55.6 Å². The third kappa shape index (κ3) is 57.0. The van der Waals surface area contributed by atoms with Crippen molar-refractivity contribution < 1.29 is 25.2 Å². The van der Waals surface area contributed by atoms with Gasteiger partial charge in [0.1, 0.15) is 12.2 Å². The number of nitrogens with one attached hydrogen (secondary N) is 1. The van der Waals surface area contributed by atoms with Crippen molar-refractivity contribution in [3.63, 3.8) is 0 Å². The Morgan fingerprint density at radius 1 is 0.333 bits per heavy atom. The van der Waals surface area contributed by atoms with Gasteiger partial charge in [-0.1, -0.05) is 333 Å². The molecule has 0 heterocycles. The summed E-state index contributed by atoms with van der Waals surface area (Å²) >= 11 is 0. The van der Waals surface area contributed by atoms with E-state index in [-0.39, 0.29) is 0 Å². The molecule has 6 nitrogen and oxygen atoms in total. The van der Waals surface area contributed by atoms with E-state index in [9.17, 15) is 25.2 Å². The average molecular weight is 1060 g/mol. The Kier molecular flexibility index (Phi) is 62.1. The summed E-state index contributed by atoms with van der Waals surface area (Å²) in [5.74, 6) is -0.588. The van der Waals surface area contributed by atoms with Gasteiger partial charge in [0.25, 0.3) is 0 Å². The van der Waals surface area contributed by atoms with E-state index >= 15 is 0 Å². The van der Waals surface area contributed by atoms with Crippen LogP contribution in [-0.2, 0) is 4.79 Å². The summed E-state index contributed by atoms with van der Waals surface area (Å²) in [6.07, 6.45) is 81.3.